The van der Waals surface area contributed by atoms with Gasteiger partial charge in [0.05, 0.1) is 13.2 Å². The van der Waals surface area contributed by atoms with Crippen LogP contribution in [0.4, 0.5) is 0 Å². The van der Waals surface area contributed by atoms with Crippen molar-refractivity contribution in [1.29, 1.82) is 5.41 Å². The van der Waals surface area contributed by atoms with Crippen LogP contribution in [0.25, 0.3) is 0 Å². The van der Waals surface area contributed by atoms with Crippen LogP contribution in [0.3, 0.4) is 0 Å². The number of benzene rings is 1. The molecule has 5 heteroatoms. The largest absolute Gasteiger partial charge is 0.384 e. The van der Waals surface area contributed by atoms with Crippen LogP contribution in [-0.4, -0.2) is 62.1 Å². The highest BCUT2D eigenvalue weighted by molar-refractivity contribution is 5.95. The molecular formula is C15H24N4O. The summed E-state index contributed by atoms with van der Waals surface area (Å²) in [5.74, 6) is 0.128. The zero-order valence-corrected chi connectivity index (χ0v) is 12.1. The summed E-state index contributed by atoms with van der Waals surface area (Å²) in [5, 5.41) is 7.48. The molecule has 0 unspecified atom stereocenters. The number of nitrogens with zero attached hydrogens (tertiary/aromatic N) is 2. The summed E-state index contributed by atoms with van der Waals surface area (Å²) < 4.78 is 5.35. The predicted octanol–water partition coefficient (Wildman–Crippen LogP) is 0.735. The number of hydrogen-bond acceptors (Lipinski definition) is 4. The third-order valence-corrected chi connectivity index (χ3v) is 3.59. The van der Waals surface area contributed by atoms with E-state index in [1.807, 2.05) is 18.2 Å². The molecule has 0 aliphatic carbocycles. The van der Waals surface area contributed by atoms with Gasteiger partial charge in [0.2, 0.25) is 0 Å². The molecule has 0 saturated carbocycles. The van der Waals surface area contributed by atoms with Crippen molar-refractivity contribution in [2.45, 2.75) is 6.54 Å². The van der Waals surface area contributed by atoms with E-state index in [2.05, 4.69) is 22.9 Å². The van der Waals surface area contributed by atoms with Gasteiger partial charge < -0.3 is 15.4 Å². The Morgan fingerprint density at radius 2 is 2.15 bits per heavy atom. The molecule has 0 radical (unpaired) electrons. The molecule has 0 spiro atoms. The lowest BCUT2D eigenvalue weighted by Gasteiger charge is -2.28. The van der Waals surface area contributed by atoms with Crippen molar-refractivity contribution < 1.29 is 4.74 Å². The predicted molar refractivity (Wildman–Crippen MR) is 81.1 cm³/mol. The van der Waals surface area contributed by atoms with Crippen LogP contribution in [0, 0.1) is 5.41 Å². The van der Waals surface area contributed by atoms with Gasteiger partial charge in [0.15, 0.2) is 0 Å². The lowest BCUT2D eigenvalue weighted by molar-refractivity contribution is 0.0342. The molecule has 0 atom stereocenters. The number of ether oxygens (including phenoxy) is 1. The van der Waals surface area contributed by atoms with Gasteiger partial charge in [0.1, 0.15) is 5.84 Å². The zero-order chi connectivity index (χ0) is 14.4. The quantitative estimate of drug-likeness (QED) is 0.594. The highest BCUT2D eigenvalue weighted by Crippen LogP contribution is 2.07. The van der Waals surface area contributed by atoms with Gasteiger partial charge in [-0.2, -0.15) is 0 Å². The Morgan fingerprint density at radius 3 is 2.85 bits per heavy atom. The Morgan fingerprint density at radius 1 is 1.40 bits per heavy atom. The van der Waals surface area contributed by atoms with Gasteiger partial charge in [-0.1, -0.05) is 18.2 Å². The van der Waals surface area contributed by atoms with Crippen LogP contribution in [0.1, 0.15) is 11.1 Å². The minimum absolute atomic E-state index is 0.128. The Labute approximate surface area is 120 Å². The lowest BCUT2D eigenvalue weighted by Crippen LogP contribution is -2.40. The summed E-state index contributed by atoms with van der Waals surface area (Å²) in [7, 11) is 2.13. The summed E-state index contributed by atoms with van der Waals surface area (Å²) in [6.45, 7) is 6.76. The maximum atomic E-state index is 7.48. The van der Waals surface area contributed by atoms with Crippen molar-refractivity contribution in [2.75, 3.05) is 46.4 Å². The summed E-state index contributed by atoms with van der Waals surface area (Å²) in [4.78, 5) is 4.74. The molecule has 1 heterocycles. The van der Waals surface area contributed by atoms with Crippen LogP contribution in [0.15, 0.2) is 24.3 Å². The molecule has 1 aromatic rings. The number of nitrogens with one attached hydrogen (secondary N) is 1. The number of nitrogens with two attached hydrogens (primary N) is 1. The maximum absolute atomic E-state index is 7.48. The molecule has 1 aromatic carbocycles. The summed E-state index contributed by atoms with van der Waals surface area (Å²) >= 11 is 0. The van der Waals surface area contributed by atoms with Gasteiger partial charge in [0, 0.05) is 38.3 Å². The normalized spacial score (nSPS) is 16.5. The zero-order valence-electron chi connectivity index (χ0n) is 12.1. The molecule has 2 rings (SSSR count). The van der Waals surface area contributed by atoms with Crippen molar-refractivity contribution in [3.63, 3.8) is 0 Å². The van der Waals surface area contributed by atoms with E-state index < -0.39 is 0 Å². The number of rotatable bonds is 6. The molecular weight excluding hydrogens is 252 g/mol. The van der Waals surface area contributed by atoms with E-state index in [1.54, 1.807) is 0 Å². The van der Waals surface area contributed by atoms with Gasteiger partial charge in [-0.25, -0.2) is 0 Å². The van der Waals surface area contributed by atoms with Crippen LogP contribution in [-0.2, 0) is 11.3 Å². The average molecular weight is 276 g/mol. The van der Waals surface area contributed by atoms with Crippen molar-refractivity contribution in [2.24, 2.45) is 5.73 Å². The van der Waals surface area contributed by atoms with Crippen molar-refractivity contribution in [3.05, 3.63) is 35.4 Å². The van der Waals surface area contributed by atoms with Crippen LogP contribution < -0.4 is 5.73 Å². The molecule has 110 valence electrons. The fraction of sp³-hybridized carbons (Fsp3) is 0.533. The number of morpholine rings is 1. The van der Waals surface area contributed by atoms with E-state index >= 15 is 0 Å². The topological polar surface area (TPSA) is 65.6 Å². The first-order chi connectivity index (χ1) is 9.65. The summed E-state index contributed by atoms with van der Waals surface area (Å²) in [5.41, 5.74) is 7.51. The number of amidine groups is 1. The Balaban J connectivity index is 1.79. The molecule has 0 amide bonds. The minimum atomic E-state index is 0.128. The second-order valence-electron chi connectivity index (χ2n) is 5.31. The van der Waals surface area contributed by atoms with Crippen molar-refractivity contribution in [1.82, 2.24) is 9.80 Å². The molecule has 3 N–H and O–H groups in total. The maximum Gasteiger partial charge on any atom is 0.122 e. The molecule has 5 nitrogen and oxygen atoms in total. The van der Waals surface area contributed by atoms with E-state index in [-0.39, 0.29) is 5.84 Å². The fourth-order valence-electron chi connectivity index (χ4n) is 2.36. The minimum Gasteiger partial charge on any atom is -0.384 e. The standard InChI is InChI=1S/C15H24N4O/c1-18(5-6-19-7-9-20-10-8-19)12-13-3-2-4-14(11-13)15(16)17/h2-4,11H,5-10,12H2,1H3,(H3,16,17). The van der Waals surface area contributed by atoms with Gasteiger partial charge in [0.25, 0.3) is 0 Å². The first kappa shape index (κ1) is 15.0. The van der Waals surface area contributed by atoms with Crippen LogP contribution >= 0.6 is 0 Å². The Hall–Kier alpha value is -1.43. The highest BCUT2D eigenvalue weighted by atomic mass is 16.5. The van der Waals surface area contributed by atoms with E-state index in [0.29, 0.717) is 0 Å². The van der Waals surface area contributed by atoms with E-state index in [0.717, 1.165) is 51.5 Å². The fourth-order valence-corrected chi connectivity index (χ4v) is 2.36. The lowest BCUT2D eigenvalue weighted by atomic mass is 10.1. The molecule has 1 saturated heterocycles. The number of nitrogen functional groups attached to an aromatic ring is 1. The Kier molecular flexibility index (Phi) is 5.52. The highest BCUT2D eigenvalue weighted by Gasteiger charge is 2.11. The van der Waals surface area contributed by atoms with Gasteiger partial charge in [-0.15, -0.1) is 0 Å². The van der Waals surface area contributed by atoms with Crippen LogP contribution in [0.2, 0.25) is 0 Å². The third kappa shape index (κ3) is 4.59. The second-order valence-corrected chi connectivity index (χ2v) is 5.31. The molecule has 1 fully saturated rings. The van der Waals surface area contributed by atoms with Crippen molar-refractivity contribution in [3.8, 4) is 0 Å². The molecule has 20 heavy (non-hydrogen) atoms. The van der Waals surface area contributed by atoms with Crippen molar-refractivity contribution >= 4 is 5.84 Å². The van der Waals surface area contributed by atoms with E-state index in [1.165, 1.54) is 5.56 Å². The SMILES string of the molecule is CN(CCN1CCOCC1)Cc1cccc(C(=N)N)c1. The van der Waals surface area contributed by atoms with Gasteiger partial charge >= 0.3 is 0 Å². The van der Waals surface area contributed by atoms with Crippen LogP contribution in [0.5, 0.6) is 0 Å². The number of likely N-dealkylation sites (N-methyl/N-ethyl adjacent to an activating group) is 1. The Bertz CT molecular complexity index is 443. The summed E-state index contributed by atoms with van der Waals surface area (Å²) in [6.07, 6.45) is 0. The molecule has 0 bridgehead atoms. The van der Waals surface area contributed by atoms with Gasteiger partial charge in [-0.05, 0) is 18.7 Å². The molecule has 1 aliphatic rings. The first-order valence-corrected chi connectivity index (χ1v) is 7.07. The molecule has 0 aromatic heterocycles. The van der Waals surface area contributed by atoms with E-state index in [4.69, 9.17) is 15.9 Å². The monoisotopic (exact) mass is 276 g/mol. The van der Waals surface area contributed by atoms with E-state index in [9.17, 15) is 0 Å². The summed E-state index contributed by atoms with van der Waals surface area (Å²) in [6, 6.07) is 7.91. The molecule has 1 aliphatic heterocycles. The first-order valence-electron chi connectivity index (χ1n) is 7.07. The van der Waals surface area contributed by atoms with Gasteiger partial charge in [-0.3, -0.25) is 10.3 Å². The average Bonchev–Trinajstić information content (AvgIpc) is 2.46. The number of hydrogen-bond donors (Lipinski definition) is 2. The third-order valence-electron chi connectivity index (χ3n) is 3.59. The smallest absolute Gasteiger partial charge is 0.122 e. The second kappa shape index (κ2) is 7.38.